The number of nitrogens with zero attached hydrogens (tertiary/aromatic N) is 1. The molecule has 0 saturated heterocycles. The number of nitrogens with two attached hydrogens (primary N) is 1. The van der Waals surface area contributed by atoms with Crippen LogP contribution in [0.25, 0.3) is 0 Å². The number of carbonyl (C=O) groups excluding carboxylic acids is 1. The fraction of sp³-hybridized carbons (Fsp3) is 0.500. The quantitative estimate of drug-likeness (QED) is 0.866. The van der Waals surface area contributed by atoms with Crippen molar-refractivity contribution in [3.63, 3.8) is 0 Å². The standard InChI is InChI=1S/C14H20N2O/c1-10-4-5-12(11(2)8-10)16(3)13(17)14(9-15)6-7-14/h4-5,8H,6-7,9,15H2,1-3H3. The Hall–Kier alpha value is -1.35. The van der Waals surface area contributed by atoms with Crippen LogP contribution in [0.4, 0.5) is 5.69 Å². The Labute approximate surface area is 103 Å². The summed E-state index contributed by atoms with van der Waals surface area (Å²) in [6.07, 6.45) is 1.86. The van der Waals surface area contributed by atoms with Gasteiger partial charge in [-0.25, -0.2) is 0 Å². The summed E-state index contributed by atoms with van der Waals surface area (Å²) >= 11 is 0. The maximum atomic E-state index is 12.3. The summed E-state index contributed by atoms with van der Waals surface area (Å²) in [4.78, 5) is 14.1. The molecule has 3 nitrogen and oxygen atoms in total. The van der Waals surface area contributed by atoms with E-state index in [1.165, 1.54) is 5.56 Å². The van der Waals surface area contributed by atoms with Crippen LogP contribution < -0.4 is 10.6 Å². The van der Waals surface area contributed by atoms with Gasteiger partial charge in [-0.2, -0.15) is 0 Å². The SMILES string of the molecule is Cc1ccc(N(C)C(=O)C2(CN)CC2)c(C)c1. The minimum Gasteiger partial charge on any atom is -0.329 e. The van der Waals surface area contributed by atoms with Gasteiger partial charge >= 0.3 is 0 Å². The summed E-state index contributed by atoms with van der Waals surface area (Å²) in [6.45, 7) is 4.55. The number of benzene rings is 1. The van der Waals surface area contributed by atoms with Gasteiger partial charge in [0.25, 0.3) is 0 Å². The first-order valence-corrected chi connectivity index (χ1v) is 6.06. The van der Waals surface area contributed by atoms with E-state index in [1.54, 1.807) is 4.90 Å². The van der Waals surface area contributed by atoms with Gasteiger partial charge in [0.05, 0.1) is 5.41 Å². The molecule has 2 N–H and O–H groups in total. The van der Waals surface area contributed by atoms with Crippen LogP contribution in [-0.2, 0) is 4.79 Å². The lowest BCUT2D eigenvalue weighted by atomic mass is 10.0. The van der Waals surface area contributed by atoms with Crippen molar-refractivity contribution in [1.82, 2.24) is 0 Å². The van der Waals surface area contributed by atoms with Crippen molar-refractivity contribution in [3.8, 4) is 0 Å². The van der Waals surface area contributed by atoms with E-state index in [2.05, 4.69) is 13.0 Å². The first-order valence-electron chi connectivity index (χ1n) is 6.06. The molecular weight excluding hydrogens is 212 g/mol. The van der Waals surface area contributed by atoms with Gasteiger partial charge in [-0.15, -0.1) is 0 Å². The van der Waals surface area contributed by atoms with Crippen molar-refractivity contribution in [1.29, 1.82) is 0 Å². The second kappa shape index (κ2) is 4.15. The summed E-state index contributed by atoms with van der Waals surface area (Å²) < 4.78 is 0. The zero-order valence-corrected chi connectivity index (χ0v) is 10.8. The summed E-state index contributed by atoms with van der Waals surface area (Å²) in [5.74, 6) is 0.159. The lowest BCUT2D eigenvalue weighted by Gasteiger charge is -2.24. The summed E-state index contributed by atoms with van der Waals surface area (Å²) in [5, 5.41) is 0. The summed E-state index contributed by atoms with van der Waals surface area (Å²) in [6, 6.07) is 6.14. The number of carbonyl (C=O) groups is 1. The van der Waals surface area contributed by atoms with E-state index < -0.39 is 0 Å². The molecule has 0 bridgehead atoms. The van der Waals surface area contributed by atoms with E-state index in [4.69, 9.17) is 5.73 Å². The highest BCUT2D eigenvalue weighted by atomic mass is 16.2. The molecule has 1 fully saturated rings. The molecular formula is C14H20N2O. The van der Waals surface area contributed by atoms with Crippen molar-refractivity contribution in [3.05, 3.63) is 29.3 Å². The first kappa shape index (κ1) is 12.1. The van der Waals surface area contributed by atoms with E-state index in [0.29, 0.717) is 6.54 Å². The second-order valence-electron chi connectivity index (χ2n) is 5.14. The van der Waals surface area contributed by atoms with Gasteiger partial charge in [-0.1, -0.05) is 17.7 Å². The van der Waals surface area contributed by atoms with Crippen LogP contribution in [-0.4, -0.2) is 19.5 Å². The van der Waals surface area contributed by atoms with Crippen LogP contribution in [0.15, 0.2) is 18.2 Å². The predicted octanol–water partition coefficient (Wildman–Crippen LogP) is 2.01. The summed E-state index contributed by atoms with van der Waals surface area (Å²) in [7, 11) is 1.84. The molecule has 0 unspecified atom stereocenters. The van der Waals surface area contributed by atoms with Crippen LogP contribution >= 0.6 is 0 Å². The summed E-state index contributed by atoms with van der Waals surface area (Å²) in [5.41, 5.74) is 8.76. The Kier molecular flexibility index (Phi) is 2.96. The normalized spacial score (nSPS) is 16.7. The van der Waals surface area contributed by atoms with E-state index >= 15 is 0 Å². The molecule has 1 amide bonds. The number of rotatable bonds is 3. The van der Waals surface area contributed by atoms with Gasteiger partial charge in [-0.3, -0.25) is 4.79 Å². The van der Waals surface area contributed by atoms with Crippen molar-refractivity contribution in [2.24, 2.45) is 11.1 Å². The average Bonchev–Trinajstić information content (AvgIpc) is 3.08. The fourth-order valence-electron chi connectivity index (χ4n) is 2.30. The third kappa shape index (κ3) is 2.07. The smallest absolute Gasteiger partial charge is 0.234 e. The maximum Gasteiger partial charge on any atom is 0.234 e. The van der Waals surface area contributed by atoms with Crippen molar-refractivity contribution in [2.75, 3.05) is 18.5 Å². The maximum absolute atomic E-state index is 12.3. The largest absolute Gasteiger partial charge is 0.329 e. The topological polar surface area (TPSA) is 46.3 Å². The average molecular weight is 232 g/mol. The van der Waals surface area contributed by atoms with Crippen molar-refractivity contribution >= 4 is 11.6 Å². The lowest BCUT2D eigenvalue weighted by Crippen LogP contribution is -2.38. The highest BCUT2D eigenvalue weighted by molar-refractivity contribution is 5.99. The molecule has 17 heavy (non-hydrogen) atoms. The van der Waals surface area contributed by atoms with E-state index in [-0.39, 0.29) is 11.3 Å². The van der Waals surface area contributed by atoms with Crippen LogP contribution in [0.3, 0.4) is 0 Å². The zero-order chi connectivity index (χ0) is 12.6. The van der Waals surface area contributed by atoms with Gasteiger partial charge in [0.1, 0.15) is 0 Å². The molecule has 0 heterocycles. The molecule has 1 aliphatic rings. The number of hydrogen-bond donors (Lipinski definition) is 1. The fourth-order valence-corrected chi connectivity index (χ4v) is 2.30. The van der Waals surface area contributed by atoms with Crippen molar-refractivity contribution < 1.29 is 4.79 Å². The third-order valence-corrected chi connectivity index (χ3v) is 3.72. The number of anilines is 1. The Balaban J connectivity index is 2.25. The first-order chi connectivity index (χ1) is 8.00. The lowest BCUT2D eigenvalue weighted by molar-refractivity contribution is -0.123. The minimum atomic E-state index is -0.272. The Morgan fingerprint density at radius 1 is 1.41 bits per heavy atom. The van der Waals surface area contributed by atoms with Gasteiger partial charge in [-0.05, 0) is 38.3 Å². The van der Waals surface area contributed by atoms with Gasteiger partial charge in [0.2, 0.25) is 5.91 Å². The van der Waals surface area contributed by atoms with Crippen molar-refractivity contribution in [2.45, 2.75) is 26.7 Å². The molecule has 1 aliphatic carbocycles. The molecule has 0 aromatic heterocycles. The van der Waals surface area contributed by atoms with Gasteiger partial charge < -0.3 is 10.6 Å². The number of amides is 1. The molecule has 2 rings (SSSR count). The highest BCUT2D eigenvalue weighted by Crippen LogP contribution is 2.46. The third-order valence-electron chi connectivity index (χ3n) is 3.72. The highest BCUT2D eigenvalue weighted by Gasteiger charge is 2.50. The van der Waals surface area contributed by atoms with Gasteiger partial charge in [0, 0.05) is 19.3 Å². The number of aryl methyl sites for hydroxylation is 2. The molecule has 0 radical (unpaired) electrons. The van der Waals surface area contributed by atoms with Crippen LogP contribution in [0.5, 0.6) is 0 Å². The Morgan fingerprint density at radius 3 is 2.53 bits per heavy atom. The van der Waals surface area contributed by atoms with E-state index in [0.717, 1.165) is 24.1 Å². The number of hydrogen-bond acceptors (Lipinski definition) is 2. The monoisotopic (exact) mass is 232 g/mol. The van der Waals surface area contributed by atoms with Crippen LogP contribution in [0.2, 0.25) is 0 Å². The predicted molar refractivity (Wildman–Crippen MR) is 70.0 cm³/mol. The zero-order valence-electron chi connectivity index (χ0n) is 10.8. The van der Waals surface area contributed by atoms with Gasteiger partial charge in [0.15, 0.2) is 0 Å². The Morgan fingerprint density at radius 2 is 2.06 bits per heavy atom. The molecule has 0 spiro atoms. The van der Waals surface area contributed by atoms with Crippen LogP contribution in [0.1, 0.15) is 24.0 Å². The second-order valence-corrected chi connectivity index (χ2v) is 5.14. The molecule has 3 heteroatoms. The van der Waals surface area contributed by atoms with E-state index in [9.17, 15) is 4.79 Å². The molecule has 1 aromatic carbocycles. The molecule has 92 valence electrons. The molecule has 0 aliphatic heterocycles. The molecule has 1 aromatic rings. The Bertz CT molecular complexity index is 450. The van der Waals surface area contributed by atoms with E-state index in [1.807, 2.05) is 26.1 Å². The van der Waals surface area contributed by atoms with Crippen LogP contribution in [0, 0.1) is 19.3 Å². The minimum absolute atomic E-state index is 0.159. The molecule has 1 saturated carbocycles. The molecule has 0 atom stereocenters.